The number of hydrogen-bond acceptors (Lipinski definition) is 3. The molecule has 4 heteroatoms. The molecule has 4 nitrogen and oxygen atoms in total. The average Bonchev–Trinajstić information content (AvgIpc) is 2.81. The molecule has 1 saturated carbocycles. The van der Waals surface area contributed by atoms with Gasteiger partial charge in [-0.1, -0.05) is 19.3 Å². The van der Waals surface area contributed by atoms with E-state index in [2.05, 4.69) is 16.1 Å². The maximum Gasteiger partial charge on any atom is 0.0492 e. The van der Waals surface area contributed by atoms with Gasteiger partial charge in [0, 0.05) is 51.0 Å². The molecule has 2 rings (SSSR count). The van der Waals surface area contributed by atoms with E-state index in [4.69, 9.17) is 5.73 Å². The van der Waals surface area contributed by atoms with Gasteiger partial charge in [0.15, 0.2) is 0 Å². The minimum Gasteiger partial charge on any atom is -0.329 e. The molecule has 0 bridgehead atoms. The largest absolute Gasteiger partial charge is 0.329 e. The highest BCUT2D eigenvalue weighted by Gasteiger charge is 2.20. The number of aryl methyl sites for hydroxylation is 1. The first kappa shape index (κ1) is 13.6. The Morgan fingerprint density at radius 3 is 2.72 bits per heavy atom. The van der Waals surface area contributed by atoms with Gasteiger partial charge in [0.2, 0.25) is 0 Å². The number of rotatable bonds is 6. The fraction of sp³-hybridized carbons (Fsp3) is 0.786. The lowest BCUT2D eigenvalue weighted by Gasteiger charge is -2.34. The standard InChI is InChI=1S/C14H26N4/c1-17-13(7-10-16-17)8-11-18(12-9-15)14-5-3-2-4-6-14/h7,10,14H,2-6,8-9,11-12,15H2,1H3. The van der Waals surface area contributed by atoms with Crippen molar-refractivity contribution in [1.82, 2.24) is 14.7 Å². The molecule has 0 saturated heterocycles. The minimum atomic E-state index is 0.760. The van der Waals surface area contributed by atoms with Gasteiger partial charge in [-0.2, -0.15) is 5.10 Å². The van der Waals surface area contributed by atoms with Gasteiger partial charge in [0.25, 0.3) is 0 Å². The first-order chi connectivity index (χ1) is 8.81. The van der Waals surface area contributed by atoms with Crippen molar-refractivity contribution in [3.8, 4) is 0 Å². The summed E-state index contributed by atoms with van der Waals surface area (Å²) in [4.78, 5) is 2.59. The fourth-order valence-corrected chi connectivity index (χ4v) is 2.99. The van der Waals surface area contributed by atoms with Gasteiger partial charge in [-0.15, -0.1) is 0 Å². The lowest BCUT2D eigenvalue weighted by atomic mass is 9.94. The number of nitrogens with two attached hydrogens (primary N) is 1. The van der Waals surface area contributed by atoms with E-state index in [0.717, 1.165) is 32.1 Å². The van der Waals surface area contributed by atoms with Crippen LogP contribution in [0.25, 0.3) is 0 Å². The monoisotopic (exact) mass is 250 g/mol. The van der Waals surface area contributed by atoms with Crippen molar-refractivity contribution in [2.75, 3.05) is 19.6 Å². The van der Waals surface area contributed by atoms with Crippen molar-refractivity contribution in [3.63, 3.8) is 0 Å². The van der Waals surface area contributed by atoms with E-state index >= 15 is 0 Å². The average molecular weight is 250 g/mol. The molecule has 1 aliphatic rings. The summed E-state index contributed by atoms with van der Waals surface area (Å²) in [6.07, 6.45) is 9.84. The second-order valence-corrected chi connectivity index (χ2v) is 5.31. The zero-order valence-electron chi connectivity index (χ0n) is 11.5. The highest BCUT2D eigenvalue weighted by atomic mass is 15.3. The summed E-state index contributed by atoms with van der Waals surface area (Å²) < 4.78 is 1.97. The van der Waals surface area contributed by atoms with Gasteiger partial charge in [0.05, 0.1) is 0 Å². The Morgan fingerprint density at radius 2 is 2.11 bits per heavy atom. The smallest absolute Gasteiger partial charge is 0.0492 e. The lowest BCUT2D eigenvalue weighted by Crippen LogP contribution is -2.41. The van der Waals surface area contributed by atoms with E-state index in [1.807, 2.05) is 17.9 Å². The van der Waals surface area contributed by atoms with Crippen molar-refractivity contribution >= 4 is 0 Å². The van der Waals surface area contributed by atoms with Crippen LogP contribution in [0.15, 0.2) is 12.3 Å². The summed E-state index contributed by atoms with van der Waals surface area (Å²) in [5.74, 6) is 0. The second kappa shape index (κ2) is 6.90. The molecule has 2 N–H and O–H groups in total. The van der Waals surface area contributed by atoms with E-state index in [1.165, 1.54) is 37.8 Å². The van der Waals surface area contributed by atoms with E-state index < -0.39 is 0 Å². The Kier molecular flexibility index (Phi) is 5.20. The zero-order chi connectivity index (χ0) is 12.8. The van der Waals surface area contributed by atoms with Crippen LogP contribution in [0.1, 0.15) is 37.8 Å². The summed E-state index contributed by atoms with van der Waals surface area (Å²) in [5.41, 5.74) is 7.07. The highest BCUT2D eigenvalue weighted by molar-refractivity contribution is 5.00. The topological polar surface area (TPSA) is 47.1 Å². The third-order valence-corrected chi connectivity index (χ3v) is 4.09. The second-order valence-electron chi connectivity index (χ2n) is 5.31. The quantitative estimate of drug-likeness (QED) is 0.833. The predicted octanol–water partition coefficient (Wildman–Crippen LogP) is 1.56. The van der Waals surface area contributed by atoms with Gasteiger partial charge in [-0.25, -0.2) is 0 Å². The van der Waals surface area contributed by atoms with Crippen LogP contribution in [0.5, 0.6) is 0 Å². The number of nitrogens with zero attached hydrogens (tertiary/aromatic N) is 3. The molecule has 0 amide bonds. The molecule has 1 heterocycles. The van der Waals surface area contributed by atoms with Crippen LogP contribution in [0.2, 0.25) is 0 Å². The molecule has 102 valence electrons. The summed E-state index contributed by atoms with van der Waals surface area (Å²) in [5, 5.41) is 4.23. The Bertz CT molecular complexity index is 341. The van der Waals surface area contributed by atoms with E-state index in [1.54, 1.807) is 0 Å². The summed E-state index contributed by atoms with van der Waals surface area (Å²) in [6.45, 7) is 2.91. The molecule has 0 aliphatic heterocycles. The molecule has 18 heavy (non-hydrogen) atoms. The van der Waals surface area contributed by atoms with Crippen LogP contribution in [0, 0.1) is 0 Å². The van der Waals surface area contributed by atoms with Gasteiger partial charge >= 0.3 is 0 Å². The number of hydrogen-bond donors (Lipinski definition) is 1. The normalized spacial score (nSPS) is 17.5. The van der Waals surface area contributed by atoms with Gasteiger partial charge in [-0.3, -0.25) is 9.58 Å². The molecule has 1 aromatic rings. The Labute approximate surface area is 110 Å². The first-order valence-corrected chi connectivity index (χ1v) is 7.22. The van der Waals surface area contributed by atoms with Crippen LogP contribution >= 0.6 is 0 Å². The van der Waals surface area contributed by atoms with Crippen LogP contribution in [-0.2, 0) is 13.5 Å². The Hall–Kier alpha value is -0.870. The number of aromatic nitrogens is 2. The van der Waals surface area contributed by atoms with Crippen molar-refractivity contribution in [1.29, 1.82) is 0 Å². The van der Waals surface area contributed by atoms with Gasteiger partial charge < -0.3 is 5.73 Å². The molecule has 1 fully saturated rings. The van der Waals surface area contributed by atoms with Crippen molar-refractivity contribution in [2.45, 2.75) is 44.6 Å². The molecule has 0 radical (unpaired) electrons. The zero-order valence-corrected chi connectivity index (χ0v) is 11.5. The fourth-order valence-electron chi connectivity index (χ4n) is 2.99. The molecular formula is C14H26N4. The summed E-state index contributed by atoms with van der Waals surface area (Å²) >= 11 is 0. The van der Waals surface area contributed by atoms with E-state index in [0.29, 0.717) is 0 Å². The van der Waals surface area contributed by atoms with Crippen molar-refractivity contribution < 1.29 is 0 Å². The minimum absolute atomic E-state index is 0.760. The molecule has 0 atom stereocenters. The van der Waals surface area contributed by atoms with Crippen LogP contribution < -0.4 is 5.73 Å². The molecular weight excluding hydrogens is 224 g/mol. The van der Waals surface area contributed by atoms with Crippen LogP contribution in [-0.4, -0.2) is 40.4 Å². The maximum absolute atomic E-state index is 5.76. The molecule has 0 aromatic carbocycles. The van der Waals surface area contributed by atoms with E-state index in [9.17, 15) is 0 Å². The third-order valence-electron chi connectivity index (χ3n) is 4.09. The molecule has 0 unspecified atom stereocenters. The van der Waals surface area contributed by atoms with Gasteiger partial charge in [-0.05, 0) is 18.9 Å². The van der Waals surface area contributed by atoms with Crippen LogP contribution in [0.4, 0.5) is 0 Å². The summed E-state index contributed by atoms with van der Waals surface area (Å²) in [6, 6.07) is 2.87. The van der Waals surface area contributed by atoms with Crippen molar-refractivity contribution in [2.24, 2.45) is 12.8 Å². The Balaban J connectivity index is 1.87. The molecule has 1 aliphatic carbocycles. The summed E-state index contributed by atoms with van der Waals surface area (Å²) in [7, 11) is 2.02. The van der Waals surface area contributed by atoms with Gasteiger partial charge in [0.1, 0.15) is 0 Å². The first-order valence-electron chi connectivity index (χ1n) is 7.22. The highest BCUT2D eigenvalue weighted by Crippen LogP contribution is 2.22. The van der Waals surface area contributed by atoms with Crippen LogP contribution in [0.3, 0.4) is 0 Å². The molecule has 1 aromatic heterocycles. The predicted molar refractivity (Wildman–Crippen MR) is 74.4 cm³/mol. The van der Waals surface area contributed by atoms with Crippen molar-refractivity contribution in [3.05, 3.63) is 18.0 Å². The SMILES string of the molecule is Cn1nccc1CCN(CCN)C1CCCCC1. The third kappa shape index (κ3) is 3.56. The van der Waals surface area contributed by atoms with E-state index in [-0.39, 0.29) is 0 Å². The lowest BCUT2D eigenvalue weighted by molar-refractivity contribution is 0.161. The maximum atomic E-state index is 5.76. The molecule has 0 spiro atoms. The Morgan fingerprint density at radius 1 is 1.33 bits per heavy atom.